The highest BCUT2D eigenvalue weighted by Gasteiger charge is 2.19. The topological polar surface area (TPSA) is 54.5 Å². The molecule has 1 aromatic rings. The van der Waals surface area contributed by atoms with Crippen LogP contribution in [0.4, 0.5) is 5.82 Å². The highest BCUT2D eigenvalue weighted by Crippen LogP contribution is 2.08. The first-order chi connectivity index (χ1) is 9.15. The van der Waals surface area contributed by atoms with Gasteiger partial charge in [-0.15, -0.1) is 0 Å². The van der Waals surface area contributed by atoms with E-state index in [9.17, 15) is 4.79 Å². The molecule has 1 N–H and O–H groups in total. The number of amides is 1. The summed E-state index contributed by atoms with van der Waals surface area (Å²) in [4.78, 5) is 18.5. The number of morpholine rings is 1. The molecule has 1 fully saturated rings. The van der Waals surface area contributed by atoms with Gasteiger partial charge in [0, 0.05) is 31.7 Å². The molecular formula is C14H21N3O2. The van der Waals surface area contributed by atoms with Gasteiger partial charge in [0.15, 0.2) is 0 Å². The van der Waals surface area contributed by atoms with Crippen LogP contribution in [0, 0.1) is 12.8 Å². The van der Waals surface area contributed by atoms with Crippen LogP contribution < -0.4 is 5.32 Å². The van der Waals surface area contributed by atoms with Crippen molar-refractivity contribution in [2.24, 2.45) is 5.92 Å². The maximum Gasteiger partial charge on any atom is 0.229 e. The molecule has 1 aromatic heterocycles. The van der Waals surface area contributed by atoms with E-state index in [1.807, 2.05) is 26.0 Å². The lowest BCUT2D eigenvalue weighted by molar-refractivity contribution is -0.120. The number of ether oxygens (including phenoxy) is 1. The summed E-state index contributed by atoms with van der Waals surface area (Å²) in [7, 11) is 0. The van der Waals surface area contributed by atoms with Crippen molar-refractivity contribution in [2.45, 2.75) is 13.8 Å². The molecule has 0 spiro atoms. The van der Waals surface area contributed by atoms with Crippen molar-refractivity contribution in [2.75, 3.05) is 38.2 Å². The summed E-state index contributed by atoms with van der Waals surface area (Å²) in [6.45, 7) is 8.00. The molecule has 2 heterocycles. The number of aromatic nitrogens is 1. The molecular weight excluding hydrogens is 242 g/mol. The number of nitrogens with zero attached hydrogens (tertiary/aromatic N) is 2. The zero-order valence-electron chi connectivity index (χ0n) is 11.6. The van der Waals surface area contributed by atoms with Crippen molar-refractivity contribution in [3.63, 3.8) is 0 Å². The molecule has 0 bridgehead atoms. The van der Waals surface area contributed by atoms with Crippen LogP contribution in [0.15, 0.2) is 18.3 Å². The van der Waals surface area contributed by atoms with Crippen molar-refractivity contribution in [3.8, 4) is 0 Å². The third kappa shape index (κ3) is 4.29. The van der Waals surface area contributed by atoms with Crippen molar-refractivity contribution in [1.82, 2.24) is 9.88 Å². The second-order valence-corrected chi connectivity index (χ2v) is 5.02. The molecule has 0 radical (unpaired) electrons. The normalized spacial score (nSPS) is 18.0. The molecule has 5 heteroatoms. The Labute approximate surface area is 114 Å². The number of aryl methyl sites for hydroxylation is 1. The summed E-state index contributed by atoms with van der Waals surface area (Å²) in [5.41, 5.74) is 1.08. The quantitative estimate of drug-likeness (QED) is 0.889. The monoisotopic (exact) mass is 263 g/mol. The van der Waals surface area contributed by atoms with Crippen molar-refractivity contribution in [1.29, 1.82) is 0 Å². The average Bonchev–Trinajstić information content (AvgIpc) is 2.42. The van der Waals surface area contributed by atoms with E-state index in [4.69, 9.17) is 4.74 Å². The van der Waals surface area contributed by atoms with Crippen LogP contribution in [0.5, 0.6) is 0 Å². The molecule has 0 saturated carbocycles. The van der Waals surface area contributed by atoms with E-state index >= 15 is 0 Å². The number of carbonyl (C=O) groups excluding carboxylic acids is 1. The van der Waals surface area contributed by atoms with Crippen LogP contribution in [0.3, 0.4) is 0 Å². The Morgan fingerprint density at radius 2 is 2.21 bits per heavy atom. The minimum atomic E-state index is -0.0544. The maximum atomic E-state index is 12.1. The lowest BCUT2D eigenvalue weighted by Crippen LogP contribution is -2.41. The fourth-order valence-electron chi connectivity index (χ4n) is 2.05. The third-order valence-electron chi connectivity index (χ3n) is 3.25. The van der Waals surface area contributed by atoms with Gasteiger partial charge < -0.3 is 10.1 Å². The number of nitrogens with one attached hydrogen (secondary N) is 1. The number of hydrogen-bond donors (Lipinski definition) is 1. The Morgan fingerprint density at radius 1 is 1.47 bits per heavy atom. The van der Waals surface area contributed by atoms with E-state index < -0.39 is 0 Å². The van der Waals surface area contributed by atoms with Crippen molar-refractivity contribution in [3.05, 3.63) is 23.9 Å². The van der Waals surface area contributed by atoms with E-state index in [2.05, 4.69) is 15.2 Å². The minimum Gasteiger partial charge on any atom is -0.379 e. The second kappa shape index (κ2) is 6.63. The molecule has 1 aliphatic rings. The highest BCUT2D eigenvalue weighted by molar-refractivity contribution is 5.91. The Bertz CT molecular complexity index is 413. The van der Waals surface area contributed by atoms with Crippen LogP contribution in [0.2, 0.25) is 0 Å². The lowest BCUT2D eigenvalue weighted by atomic mass is 10.1. The Hall–Kier alpha value is -1.46. The molecule has 0 aromatic carbocycles. The van der Waals surface area contributed by atoms with Crippen LogP contribution in [0.25, 0.3) is 0 Å². The first kappa shape index (κ1) is 14.0. The highest BCUT2D eigenvalue weighted by atomic mass is 16.5. The number of carbonyl (C=O) groups is 1. The Morgan fingerprint density at radius 3 is 2.84 bits per heavy atom. The van der Waals surface area contributed by atoms with Crippen LogP contribution in [0.1, 0.15) is 12.5 Å². The first-order valence-corrected chi connectivity index (χ1v) is 6.69. The van der Waals surface area contributed by atoms with Gasteiger partial charge in [0.25, 0.3) is 0 Å². The van der Waals surface area contributed by atoms with E-state index in [0.717, 1.165) is 38.4 Å². The number of anilines is 1. The summed E-state index contributed by atoms with van der Waals surface area (Å²) >= 11 is 0. The predicted molar refractivity (Wildman–Crippen MR) is 74.0 cm³/mol. The molecule has 1 atom stereocenters. The van der Waals surface area contributed by atoms with Gasteiger partial charge in [-0.1, -0.05) is 13.0 Å². The summed E-state index contributed by atoms with van der Waals surface area (Å²) in [5.74, 6) is 0.577. The summed E-state index contributed by atoms with van der Waals surface area (Å²) in [6.07, 6.45) is 1.75. The fraction of sp³-hybridized carbons (Fsp3) is 0.571. The molecule has 1 saturated heterocycles. The molecule has 5 nitrogen and oxygen atoms in total. The Balaban J connectivity index is 1.83. The van der Waals surface area contributed by atoms with Gasteiger partial charge in [0.2, 0.25) is 5.91 Å². The zero-order valence-corrected chi connectivity index (χ0v) is 11.6. The van der Waals surface area contributed by atoms with Gasteiger partial charge in [-0.3, -0.25) is 9.69 Å². The SMILES string of the molecule is Cc1ccc(NC(=O)[C@H](C)CN2CCOCC2)nc1. The zero-order chi connectivity index (χ0) is 13.7. The summed E-state index contributed by atoms with van der Waals surface area (Å²) in [6, 6.07) is 3.77. The number of hydrogen-bond acceptors (Lipinski definition) is 4. The van der Waals surface area contributed by atoms with Crippen LogP contribution in [-0.2, 0) is 9.53 Å². The predicted octanol–water partition coefficient (Wildman–Crippen LogP) is 1.30. The van der Waals surface area contributed by atoms with Gasteiger partial charge in [-0.05, 0) is 18.6 Å². The molecule has 0 unspecified atom stereocenters. The maximum absolute atomic E-state index is 12.1. The molecule has 1 aliphatic heterocycles. The van der Waals surface area contributed by atoms with Gasteiger partial charge in [-0.2, -0.15) is 0 Å². The smallest absolute Gasteiger partial charge is 0.229 e. The van der Waals surface area contributed by atoms with E-state index in [1.54, 1.807) is 6.20 Å². The van der Waals surface area contributed by atoms with Crippen LogP contribution >= 0.6 is 0 Å². The van der Waals surface area contributed by atoms with Crippen molar-refractivity contribution >= 4 is 11.7 Å². The van der Waals surface area contributed by atoms with Crippen LogP contribution in [-0.4, -0.2) is 48.6 Å². The fourth-order valence-corrected chi connectivity index (χ4v) is 2.05. The lowest BCUT2D eigenvalue weighted by Gasteiger charge is -2.28. The molecule has 2 rings (SSSR count). The minimum absolute atomic E-state index is 0.0165. The standard InChI is InChI=1S/C14H21N3O2/c1-11-3-4-13(15-9-11)16-14(18)12(2)10-17-5-7-19-8-6-17/h3-4,9,12H,5-8,10H2,1-2H3,(H,15,16,18)/t12-/m1/s1. The van der Waals surface area contributed by atoms with Gasteiger partial charge >= 0.3 is 0 Å². The summed E-state index contributed by atoms with van der Waals surface area (Å²) < 4.78 is 5.30. The molecule has 19 heavy (non-hydrogen) atoms. The number of rotatable bonds is 4. The van der Waals surface area contributed by atoms with Crippen molar-refractivity contribution < 1.29 is 9.53 Å². The van der Waals surface area contributed by atoms with E-state index in [1.165, 1.54) is 0 Å². The average molecular weight is 263 g/mol. The Kier molecular flexibility index (Phi) is 4.87. The number of pyridine rings is 1. The molecule has 1 amide bonds. The van der Waals surface area contributed by atoms with E-state index in [-0.39, 0.29) is 11.8 Å². The summed E-state index contributed by atoms with van der Waals surface area (Å²) in [5, 5.41) is 2.85. The second-order valence-electron chi connectivity index (χ2n) is 5.02. The van der Waals surface area contributed by atoms with E-state index in [0.29, 0.717) is 5.82 Å². The molecule has 0 aliphatic carbocycles. The van der Waals surface area contributed by atoms with Gasteiger partial charge in [-0.25, -0.2) is 4.98 Å². The molecule has 104 valence electrons. The first-order valence-electron chi connectivity index (χ1n) is 6.69. The third-order valence-corrected chi connectivity index (χ3v) is 3.25. The van der Waals surface area contributed by atoms with Gasteiger partial charge in [0.05, 0.1) is 13.2 Å². The largest absolute Gasteiger partial charge is 0.379 e. The van der Waals surface area contributed by atoms with Gasteiger partial charge in [0.1, 0.15) is 5.82 Å².